The largest absolute Gasteiger partial charge is 0.493 e. The van der Waals surface area contributed by atoms with Crippen LogP contribution >= 0.6 is 0 Å². The number of aliphatic hydroxyl groups excluding tert-OH is 1. The number of β-amino-alcohol motifs (C(OH)–C–C–N with tert-alkyl or cyclic N) is 1. The molecule has 140 valence electrons. The molecule has 2 aliphatic heterocycles. The highest BCUT2D eigenvalue weighted by Crippen LogP contribution is 2.33. The van der Waals surface area contributed by atoms with Gasteiger partial charge in [0.2, 0.25) is 0 Å². The van der Waals surface area contributed by atoms with Crippen LogP contribution in [-0.4, -0.2) is 62.1 Å². The van der Waals surface area contributed by atoms with Crippen LogP contribution in [0.1, 0.15) is 42.9 Å². The number of hydrogen-bond donors (Lipinski definition) is 2. The molecule has 0 spiro atoms. The van der Waals surface area contributed by atoms with Crippen LogP contribution in [0.2, 0.25) is 0 Å². The van der Waals surface area contributed by atoms with Gasteiger partial charge in [-0.05, 0) is 51.8 Å². The van der Waals surface area contributed by atoms with Gasteiger partial charge in [-0.3, -0.25) is 0 Å². The molecule has 0 aromatic heterocycles. The summed E-state index contributed by atoms with van der Waals surface area (Å²) < 4.78 is 10.9. The number of hydrogen-bond acceptors (Lipinski definition) is 5. The Morgan fingerprint density at radius 2 is 2.12 bits per heavy atom. The molecule has 0 saturated carbocycles. The standard InChI is InChI=1S/C20H32N2O3/c1-15-5-6-20-18(12-15)19(4-3-11-25-20)21-16-7-9-22(10-8-16)13-17(23)14-24-2/h5-6,12,16-17,19,21,23H,3-4,7-11,13-14H2,1-2H3. The number of fused-ring (bicyclic) bond motifs is 1. The van der Waals surface area contributed by atoms with E-state index in [1.54, 1.807) is 7.11 Å². The Morgan fingerprint density at radius 3 is 2.88 bits per heavy atom. The molecule has 5 nitrogen and oxygen atoms in total. The van der Waals surface area contributed by atoms with E-state index >= 15 is 0 Å². The lowest BCUT2D eigenvalue weighted by Gasteiger charge is -2.35. The van der Waals surface area contributed by atoms with Gasteiger partial charge in [0, 0.05) is 31.3 Å². The molecule has 0 amide bonds. The summed E-state index contributed by atoms with van der Waals surface area (Å²) in [6.07, 6.45) is 4.08. The van der Waals surface area contributed by atoms with E-state index in [9.17, 15) is 5.11 Å². The normalized spacial score (nSPS) is 23.6. The lowest BCUT2D eigenvalue weighted by molar-refractivity contribution is 0.0307. The van der Waals surface area contributed by atoms with Gasteiger partial charge in [0.15, 0.2) is 0 Å². The third-order valence-corrected chi connectivity index (χ3v) is 5.29. The maximum Gasteiger partial charge on any atom is 0.124 e. The molecule has 2 unspecified atom stereocenters. The second-order valence-electron chi connectivity index (χ2n) is 7.44. The molecule has 1 aromatic carbocycles. The lowest BCUT2D eigenvalue weighted by atomic mass is 9.96. The predicted molar refractivity (Wildman–Crippen MR) is 99.1 cm³/mol. The van der Waals surface area contributed by atoms with E-state index in [1.165, 1.54) is 11.1 Å². The summed E-state index contributed by atoms with van der Waals surface area (Å²) in [4.78, 5) is 2.34. The van der Waals surface area contributed by atoms with Crippen molar-refractivity contribution in [2.24, 2.45) is 0 Å². The van der Waals surface area contributed by atoms with E-state index < -0.39 is 0 Å². The van der Waals surface area contributed by atoms with Gasteiger partial charge in [-0.1, -0.05) is 17.7 Å². The highest BCUT2D eigenvalue weighted by atomic mass is 16.5. The number of likely N-dealkylation sites (tertiary alicyclic amines) is 1. The molecule has 0 radical (unpaired) electrons. The zero-order chi connectivity index (χ0) is 17.6. The predicted octanol–water partition coefficient (Wildman–Crippen LogP) is 2.27. The molecule has 0 bridgehead atoms. The van der Waals surface area contributed by atoms with Crippen LogP contribution in [0.15, 0.2) is 18.2 Å². The highest BCUT2D eigenvalue weighted by molar-refractivity contribution is 5.39. The third kappa shape index (κ3) is 5.17. The molecule has 2 N–H and O–H groups in total. The summed E-state index contributed by atoms with van der Waals surface area (Å²) >= 11 is 0. The van der Waals surface area contributed by atoms with Gasteiger partial charge in [-0.25, -0.2) is 0 Å². The van der Waals surface area contributed by atoms with Crippen molar-refractivity contribution in [3.63, 3.8) is 0 Å². The number of benzene rings is 1. The minimum atomic E-state index is -0.386. The van der Waals surface area contributed by atoms with Crippen molar-refractivity contribution in [3.8, 4) is 5.75 Å². The number of piperidine rings is 1. The number of nitrogens with zero attached hydrogens (tertiary/aromatic N) is 1. The molecular formula is C20H32N2O3. The van der Waals surface area contributed by atoms with Crippen LogP contribution in [0.25, 0.3) is 0 Å². The van der Waals surface area contributed by atoms with Gasteiger partial charge in [-0.15, -0.1) is 0 Å². The van der Waals surface area contributed by atoms with E-state index in [2.05, 4.69) is 35.3 Å². The maximum atomic E-state index is 9.90. The van der Waals surface area contributed by atoms with E-state index in [4.69, 9.17) is 9.47 Å². The van der Waals surface area contributed by atoms with Gasteiger partial charge < -0.3 is 24.8 Å². The van der Waals surface area contributed by atoms with Crippen molar-refractivity contribution in [1.82, 2.24) is 10.2 Å². The Balaban J connectivity index is 1.55. The van der Waals surface area contributed by atoms with Gasteiger partial charge in [0.25, 0.3) is 0 Å². The van der Waals surface area contributed by atoms with E-state index in [0.717, 1.165) is 51.1 Å². The Morgan fingerprint density at radius 1 is 1.32 bits per heavy atom. The summed E-state index contributed by atoms with van der Waals surface area (Å²) in [6.45, 7) is 6.14. The number of rotatable bonds is 6. The second kappa shape index (κ2) is 8.99. The Bertz CT molecular complexity index is 544. The van der Waals surface area contributed by atoms with Crippen molar-refractivity contribution < 1.29 is 14.6 Å². The molecule has 2 atom stereocenters. The quantitative estimate of drug-likeness (QED) is 0.826. The molecule has 1 saturated heterocycles. The van der Waals surface area contributed by atoms with Crippen molar-refractivity contribution in [1.29, 1.82) is 0 Å². The minimum absolute atomic E-state index is 0.382. The smallest absolute Gasteiger partial charge is 0.124 e. The summed E-state index contributed by atoms with van der Waals surface area (Å²) in [5.41, 5.74) is 2.61. The van der Waals surface area contributed by atoms with Crippen LogP contribution in [0.4, 0.5) is 0 Å². The zero-order valence-corrected chi connectivity index (χ0v) is 15.5. The summed E-state index contributed by atoms with van der Waals surface area (Å²) in [5.74, 6) is 1.04. The average Bonchev–Trinajstić information content (AvgIpc) is 2.79. The summed E-state index contributed by atoms with van der Waals surface area (Å²) in [6, 6.07) is 7.43. The molecule has 2 aliphatic rings. The number of aryl methyl sites for hydroxylation is 1. The van der Waals surface area contributed by atoms with Gasteiger partial charge in [0.05, 0.1) is 19.3 Å². The molecule has 0 aliphatic carbocycles. The maximum absolute atomic E-state index is 9.90. The first-order chi connectivity index (χ1) is 12.2. The first kappa shape index (κ1) is 18.6. The fourth-order valence-corrected chi connectivity index (χ4v) is 3.98. The zero-order valence-electron chi connectivity index (χ0n) is 15.5. The van der Waals surface area contributed by atoms with Gasteiger partial charge >= 0.3 is 0 Å². The topological polar surface area (TPSA) is 54.0 Å². The van der Waals surface area contributed by atoms with E-state index in [0.29, 0.717) is 25.2 Å². The fourth-order valence-electron chi connectivity index (χ4n) is 3.98. The first-order valence-corrected chi connectivity index (χ1v) is 9.54. The average molecular weight is 348 g/mol. The Labute approximate surface area is 151 Å². The lowest BCUT2D eigenvalue weighted by Crippen LogP contribution is -2.46. The molecule has 1 aromatic rings. The monoisotopic (exact) mass is 348 g/mol. The fraction of sp³-hybridized carbons (Fsp3) is 0.700. The summed E-state index contributed by atoms with van der Waals surface area (Å²) in [7, 11) is 1.63. The molecule has 3 rings (SSSR count). The van der Waals surface area contributed by atoms with Gasteiger partial charge in [0.1, 0.15) is 5.75 Å². The molecule has 5 heteroatoms. The Hall–Kier alpha value is -1.14. The van der Waals surface area contributed by atoms with Crippen LogP contribution in [-0.2, 0) is 4.74 Å². The van der Waals surface area contributed by atoms with Gasteiger partial charge in [-0.2, -0.15) is 0 Å². The molecule has 25 heavy (non-hydrogen) atoms. The van der Waals surface area contributed by atoms with E-state index in [-0.39, 0.29) is 6.10 Å². The van der Waals surface area contributed by atoms with Crippen molar-refractivity contribution in [2.45, 2.75) is 50.8 Å². The highest BCUT2D eigenvalue weighted by Gasteiger charge is 2.26. The molecular weight excluding hydrogens is 316 g/mol. The summed E-state index contributed by atoms with van der Waals surface area (Å²) in [5, 5.41) is 13.8. The van der Waals surface area contributed by atoms with E-state index in [1.807, 2.05) is 0 Å². The van der Waals surface area contributed by atoms with Crippen LogP contribution in [0.3, 0.4) is 0 Å². The van der Waals surface area contributed by atoms with Crippen LogP contribution in [0.5, 0.6) is 5.75 Å². The molecule has 2 heterocycles. The number of aliphatic hydroxyl groups is 1. The molecule has 1 fully saturated rings. The minimum Gasteiger partial charge on any atom is -0.493 e. The Kier molecular flexibility index (Phi) is 6.70. The van der Waals surface area contributed by atoms with Crippen molar-refractivity contribution >= 4 is 0 Å². The second-order valence-corrected chi connectivity index (χ2v) is 7.44. The van der Waals surface area contributed by atoms with Crippen molar-refractivity contribution in [2.75, 3.05) is 40.0 Å². The van der Waals surface area contributed by atoms with Crippen LogP contribution in [0, 0.1) is 6.92 Å². The third-order valence-electron chi connectivity index (χ3n) is 5.29. The first-order valence-electron chi connectivity index (χ1n) is 9.54. The SMILES string of the molecule is COCC(O)CN1CCC(NC2CCCOc3ccc(C)cc32)CC1. The number of nitrogens with one attached hydrogen (secondary N) is 1. The van der Waals surface area contributed by atoms with Crippen LogP contribution < -0.4 is 10.1 Å². The number of methoxy groups -OCH3 is 1. The van der Waals surface area contributed by atoms with Crippen molar-refractivity contribution in [3.05, 3.63) is 29.3 Å². The number of ether oxygens (including phenoxy) is 2.